The number of ether oxygens (including phenoxy) is 1. The molecule has 0 aromatic rings. The van der Waals surface area contributed by atoms with Crippen LogP contribution in [0.25, 0.3) is 0 Å². The van der Waals surface area contributed by atoms with E-state index in [1.807, 2.05) is 0 Å². The molecular formula is C7H14ClNO2. The highest BCUT2D eigenvalue weighted by Crippen LogP contribution is 1.94. The van der Waals surface area contributed by atoms with Crippen molar-refractivity contribution in [1.82, 2.24) is 0 Å². The van der Waals surface area contributed by atoms with Crippen molar-refractivity contribution in [3.05, 3.63) is 11.6 Å². The van der Waals surface area contributed by atoms with Gasteiger partial charge in [0.15, 0.2) is 0 Å². The molecule has 0 bridgehead atoms. The first-order valence-corrected chi connectivity index (χ1v) is 3.22. The first kappa shape index (κ1) is 13.1. The van der Waals surface area contributed by atoms with Gasteiger partial charge in [0.25, 0.3) is 0 Å². The summed E-state index contributed by atoms with van der Waals surface area (Å²) in [6, 6.07) is 0. The van der Waals surface area contributed by atoms with Gasteiger partial charge in [-0.05, 0) is 13.8 Å². The summed E-state index contributed by atoms with van der Waals surface area (Å²) in [5.74, 6) is -0.284. The van der Waals surface area contributed by atoms with Crippen molar-refractivity contribution in [2.75, 3.05) is 13.2 Å². The minimum atomic E-state index is -0.284. The highest BCUT2D eigenvalue weighted by atomic mass is 35.5. The smallest absolute Gasteiger partial charge is 0.333 e. The molecule has 0 fully saturated rings. The Balaban J connectivity index is 0. The van der Waals surface area contributed by atoms with Crippen LogP contribution in [0.1, 0.15) is 13.8 Å². The average Bonchev–Trinajstić information content (AvgIpc) is 1.98. The monoisotopic (exact) mass is 179 g/mol. The maximum absolute atomic E-state index is 10.8. The van der Waals surface area contributed by atoms with Crippen LogP contribution in [0, 0.1) is 0 Å². The Morgan fingerprint density at radius 3 is 2.55 bits per heavy atom. The van der Waals surface area contributed by atoms with Gasteiger partial charge in [-0.1, -0.05) is 6.08 Å². The first-order chi connectivity index (χ1) is 4.72. The largest absolute Gasteiger partial charge is 0.461 e. The fourth-order valence-electron chi connectivity index (χ4n) is 0.383. The number of nitrogens with two attached hydrogens (primary N) is 1. The Morgan fingerprint density at radius 1 is 1.64 bits per heavy atom. The third kappa shape index (κ3) is 5.88. The highest BCUT2D eigenvalue weighted by molar-refractivity contribution is 5.87. The minimum absolute atomic E-state index is 0. The van der Waals surface area contributed by atoms with E-state index in [4.69, 9.17) is 10.5 Å². The summed E-state index contributed by atoms with van der Waals surface area (Å²) in [5.41, 5.74) is 5.74. The predicted molar refractivity (Wildman–Crippen MR) is 46.7 cm³/mol. The van der Waals surface area contributed by atoms with Crippen LogP contribution >= 0.6 is 12.4 Å². The fraction of sp³-hybridized carbons (Fsp3) is 0.571. The third-order valence-corrected chi connectivity index (χ3v) is 1.11. The summed E-state index contributed by atoms with van der Waals surface area (Å²) in [4.78, 5) is 10.8. The lowest BCUT2D eigenvalue weighted by Crippen LogP contribution is -2.13. The Hall–Kier alpha value is -0.540. The molecule has 2 N–H and O–H groups in total. The van der Waals surface area contributed by atoms with Crippen molar-refractivity contribution in [1.29, 1.82) is 0 Å². The van der Waals surface area contributed by atoms with E-state index in [1.54, 1.807) is 19.9 Å². The number of carbonyl (C=O) groups excluding carboxylic acids is 1. The second kappa shape index (κ2) is 7.57. The molecule has 0 rings (SSSR count). The molecule has 0 aromatic carbocycles. The molecule has 0 aromatic heterocycles. The van der Waals surface area contributed by atoms with Crippen LogP contribution < -0.4 is 5.73 Å². The molecular weight excluding hydrogens is 166 g/mol. The van der Waals surface area contributed by atoms with Gasteiger partial charge in [-0.2, -0.15) is 0 Å². The molecule has 0 heterocycles. The highest BCUT2D eigenvalue weighted by Gasteiger charge is 2.01. The van der Waals surface area contributed by atoms with Gasteiger partial charge in [0, 0.05) is 12.1 Å². The standard InChI is InChI=1S/C7H13NO2.ClH/c1-3-6(2)7(9)10-5-4-8;/h3H,4-5,8H2,1-2H3;1H. The number of carbonyl (C=O) groups is 1. The van der Waals surface area contributed by atoms with Crippen molar-refractivity contribution in [3.63, 3.8) is 0 Å². The molecule has 0 unspecified atom stereocenters. The van der Waals surface area contributed by atoms with Crippen LogP contribution in [-0.4, -0.2) is 19.1 Å². The first-order valence-electron chi connectivity index (χ1n) is 3.22. The lowest BCUT2D eigenvalue weighted by molar-refractivity contribution is -0.138. The molecule has 0 aliphatic carbocycles. The van der Waals surface area contributed by atoms with Gasteiger partial charge in [-0.15, -0.1) is 12.4 Å². The Kier molecular flexibility index (Phi) is 9.00. The number of hydrogen-bond donors (Lipinski definition) is 1. The van der Waals surface area contributed by atoms with Gasteiger partial charge >= 0.3 is 5.97 Å². The lowest BCUT2D eigenvalue weighted by Gasteiger charge is -2.00. The number of halogens is 1. The zero-order valence-electron chi connectivity index (χ0n) is 6.79. The number of esters is 1. The summed E-state index contributed by atoms with van der Waals surface area (Å²) < 4.78 is 4.71. The summed E-state index contributed by atoms with van der Waals surface area (Å²) in [7, 11) is 0. The Labute approximate surface area is 73.0 Å². The minimum Gasteiger partial charge on any atom is -0.461 e. The summed E-state index contributed by atoms with van der Waals surface area (Å²) in [6.45, 7) is 4.17. The van der Waals surface area contributed by atoms with Crippen LogP contribution in [0.2, 0.25) is 0 Å². The van der Waals surface area contributed by atoms with Crippen LogP contribution in [0.15, 0.2) is 11.6 Å². The number of allylic oxidation sites excluding steroid dienone is 1. The maximum Gasteiger partial charge on any atom is 0.333 e. The molecule has 66 valence electrons. The third-order valence-electron chi connectivity index (χ3n) is 1.11. The second-order valence-electron chi connectivity index (χ2n) is 1.90. The number of hydrogen-bond acceptors (Lipinski definition) is 3. The Morgan fingerprint density at radius 2 is 2.18 bits per heavy atom. The summed E-state index contributed by atoms with van der Waals surface area (Å²) >= 11 is 0. The average molecular weight is 180 g/mol. The van der Waals surface area contributed by atoms with Crippen molar-refractivity contribution >= 4 is 18.4 Å². The summed E-state index contributed by atoms with van der Waals surface area (Å²) in [5, 5.41) is 0. The second-order valence-corrected chi connectivity index (χ2v) is 1.90. The number of rotatable bonds is 3. The van der Waals surface area contributed by atoms with Gasteiger partial charge in [0.05, 0.1) is 0 Å². The van der Waals surface area contributed by atoms with E-state index in [0.29, 0.717) is 18.7 Å². The molecule has 0 saturated carbocycles. The molecule has 0 aliphatic heterocycles. The Bertz CT molecular complexity index is 145. The predicted octanol–water partition coefficient (Wildman–Crippen LogP) is 0.876. The van der Waals surface area contributed by atoms with Crippen LogP contribution in [-0.2, 0) is 9.53 Å². The fourth-order valence-corrected chi connectivity index (χ4v) is 0.383. The van der Waals surface area contributed by atoms with E-state index in [2.05, 4.69) is 0 Å². The normalized spacial score (nSPS) is 10.3. The van der Waals surface area contributed by atoms with Gasteiger partial charge in [-0.3, -0.25) is 0 Å². The maximum atomic E-state index is 10.8. The topological polar surface area (TPSA) is 52.3 Å². The van der Waals surface area contributed by atoms with Crippen LogP contribution in [0.3, 0.4) is 0 Å². The van der Waals surface area contributed by atoms with E-state index >= 15 is 0 Å². The van der Waals surface area contributed by atoms with Crippen LogP contribution in [0.5, 0.6) is 0 Å². The van der Waals surface area contributed by atoms with Crippen molar-refractivity contribution < 1.29 is 9.53 Å². The zero-order valence-corrected chi connectivity index (χ0v) is 7.61. The van der Waals surface area contributed by atoms with Crippen molar-refractivity contribution in [2.45, 2.75) is 13.8 Å². The molecule has 0 spiro atoms. The van der Waals surface area contributed by atoms with Gasteiger partial charge in [0.2, 0.25) is 0 Å². The molecule has 0 saturated heterocycles. The SMILES string of the molecule is CC=C(C)C(=O)OCCN.Cl. The van der Waals surface area contributed by atoms with Gasteiger partial charge in [0.1, 0.15) is 6.61 Å². The summed E-state index contributed by atoms with van der Waals surface area (Å²) in [6.07, 6.45) is 1.71. The van der Waals surface area contributed by atoms with E-state index in [9.17, 15) is 4.79 Å². The molecule has 4 heteroatoms. The molecule has 0 atom stereocenters. The van der Waals surface area contributed by atoms with E-state index in [-0.39, 0.29) is 18.4 Å². The van der Waals surface area contributed by atoms with E-state index in [1.165, 1.54) is 0 Å². The van der Waals surface area contributed by atoms with Crippen molar-refractivity contribution in [2.24, 2.45) is 5.73 Å². The molecule has 11 heavy (non-hydrogen) atoms. The zero-order chi connectivity index (χ0) is 7.98. The van der Waals surface area contributed by atoms with Gasteiger partial charge < -0.3 is 10.5 Å². The van der Waals surface area contributed by atoms with E-state index < -0.39 is 0 Å². The van der Waals surface area contributed by atoms with Gasteiger partial charge in [-0.25, -0.2) is 4.79 Å². The lowest BCUT2D eigenvalue weighted by atomic mass is 10.3. The molecule has 0 aliphatic rings. The molecule has 3 nitrogen and oxygen atoms in total. The van der Waals surface area contributed by atoms with E-state index in [0.717, 1.165) is 0 Å². The molecule has 0 radical (unpaired) electrons. The quantitative estimate of drug-likeness (QED) is 0.517. The van der Waals surface area contributed by atoms with Crippen LogP contribution in [0.4, 0.5) is 0 Å². The van der Waals surface area contributed by atoms with Crippen molar-refractivity contribution in [3.8, 4) is 0 Å². The molecule has 0 amide bonds.